The van der Waals surface area contributed by atoms with Crippen molar-refractivity contribution in [1.29, 1.82) is 0 Å². The minimum atomic E-state index is -1.61. The van der Waals surface area contributed by atoms with Gasteiger partial charge in [-0.1, -0.05) is 82.7 Å². The maximum atomic E-state index is 14.4. The van der Waals surface area contributed by atoms with Crippen LogP contribution < -0.4 is 27.2 Å². The molecule has 0 bridgehead atoms. The first kappa shape index (κ1) is 55.9. The highest BCUT2D eigenvalue weighted by molar-refractivity contribution is 5.99. The summed E-state index contributed by atoms with van der Waals surface area (Å²) < 4.78 is 6.17. The Morgan fingerprint density at radius 1 is 0.985 bits per heavy atom. The molecule has 0 saturated heterocycles. The number of ether oxygens (including phenoxy) is 1. The van der Waals surface area contributed by atoms with Crippen molar-refractivity contribution in [2.24, 2.45) is 23.3 Å². The summed E-state index contributed by atoms with van der Waals surface area (Å²) in [6.07, 6.45) is 5.09. The molecule has 1 heterocycles. The van der Waals surface area contributed by atoms with Crippen molar-refractivity contribution in [3.8, 4) is 0 Å². The number of imidazole rings is 1. The molecule has 19 heteroatoms. The van der Waals surface area contributed by atoms with E-state index in [1.165, 1.54) is 6.33 Å². The van der Waals surface area contributed by atoms with Crippen LogP contribution in [0.15, 0.2) is 42.9 Å². The number of carbonyl (C=O) groups excluding carboxylic acids is 7. The van der Waals surface area contributed by atoms with E-state index in [4.69, 9.17) is 26.1 Å². The molecule has 1 aliphatic rings. The Morgan fingerprint density at radius 3 is 2.14 bits per heavy atom. The summed E-state index contributed by atoms with van der Waals surface area (Å²) in [5.41, 5.74) is 12.8. The molecule has 1 aromatic carbocycles. The van der Waals surface area contributed by atoms with E-state index in [-0.39, 0.29) is 37.6 Å². The average Bonchev–Trinajstić information content (AvgIpc) is 3.74. The Morgan fingerprint density at radius 2 is 1.60 bits per heavy atom. The first-order chi connectivity index (χ1) is 30.3. The Balaban J connectivity index is 0.00000348. The van der Waals surface area contributed by atoms with Crippen LogP contribution in [0.1, 0.15) is 104 Å². The SMILES string of the molecule is CC(=O)[O-].CC[C@H](C)[C@H](N)C(=O)N(CC[N+](C)(C)C)C(=O)C[C@H](O)[C@H](CC1CCCCC1)N(C(=O)CNC(=O)[C@H](Cc1c[nH]cn1)NC(=O)[C@@H](N)Cc1ccccc1)C(=O)OC(C)(C)C. The van der Waals surface area contributed by atoms with Gasteiger partial charge in [0.25, 0.3) is 5.91 Å². The van der Waals surface area contributed by atoms with Gasteiger partial charge in [0, 0.05) is 18.6 Å². The predicted octanol–water partition coefficient (Wildman–Crippen LogP) is 1.17. The molecule has 8 N–H and O–H groups in total. The highest BCUT2D eigenvalue weighted by Gasteiger charge is 2.41. The molecule has 1 aliphatic carbocycles. The number of benzene rings is 1. The van der Waals surface area contributed by atoms with Crippen LogP contribution in [0, 0.1) is 11.8 Å². The number of hydrogen-bond acceptors (Lipinski definition) is 13. The van der Waals surface area contributed by atoms with Crippen molar-refractivity contribution in [2.45, 2.75) is 142 Å². The number of carbonyl (C=O) groups is 7. The molecule has 0 aliphatic heterocycles. The summed E-state index contributed by atoms with van der Waals surface area (Å²) in [6, 6.07) is 4.76. The van der Waals surface area contributed by atoms with E-state index in [0.717, 1.165) is 54.4 Å². The van der Waals surface area contributed by atoms with E-state index in [2.05, 4.69) is 20.6 Å². The minimum absolute atomic E-state index is 0.000815. The van der Waals surface area contributed by atoms with E-state index in [1.807, 2.05) is 65.3 Å². The molecule has 65 heavy (non-hydrogen) atoms. The number of aromatic amines is 1. The number of rotatable bonds is 21. The molecule has 6 amide bonds. The molecule has 0 radical (unpaired) electrons. The maximum absolute atomic E-state index is 14.4. The van der Waals surface area contributed by atoms with Gasteiger partial charge >= 0.3 is 6.09 Å². The number of hydrogen-bond donors (Lipinski definition) is 6. The number of nitrogens with zero attached hydrogens (tertiary/aromatic N) is 4. The fraction of sp³-hybridized carbons (Fsp3) is 0.652. The quantitative estimate of drug-likeness (QED) is 0.0961. The van der Waals surface area contributed by atoms with Crippen LogP contribution in [0.25, 0.3) is 0 Å². The molecule has 2 aromatic rings. The van der Waals surface area contributed by atoms with Crippen molar-refractivity contribution in [3.05, 3.63) is 54.1 Å². The number of aliphatic hydroxyl groups is 1. The second kappa shape index (κ2) is 26.7. The molecule has 0 spiro atoms. The zero-order chi connectivity index (χ0) is 49.1. The number of amides is 6. The zero-order valence-corrected chi connectivity index (χ0v) is 39.8. The van der Waals surface area contributed by atoms with E-state index < -0.39 is 90.4 Å². The van der Waals surface area contributed by atoms with Gasteiger partial charge < -0.3 is 51.3 Å². The first-order valence-corrected chi connectivity index (χ1v) is 22.5. The Hall–Kier alpha value is -5.24. The Kier molecular flexibility index (Phi) is 22.9. The molecule has 1 saturated carbocycles. The number of aliphatic hydroxyl groups excluding tert-OH is 1. The van der Waals surface area contributed by atoms with Crippen LogP contribution in [0.4, 0.5) is 4.79 Å². The molecular weight excluding hydrogens is 839 g/mol. The molecule has 0 unspecified atom stereocenters. The second-order valence-corrected chi connectivity index (χ2v) is 19.0. The lowest BCUT2D eigenvalue weighted by molar-refractivity contribution is -0.869. The van der Waals surface area contributed by atoms with Crippen LogP contribution in [-0.2, 0) is 46.3 Å². The Bertz CT molecular complexity index is 1820. The average molecular weight is 914 g/mol. The summed E-state index contributed by atoms with van der Waals surface area (Å²) in [4.78, 5) is 101. The monoisotopic (exact) mass is 914 g/mol. The van der Waals surface area contributed by atoms with Crippen molar-refractivity contribution in [3.63, 3.8) is 0 Å². The van der Waals surface area contributed by atoms with Crippen LogP contribution in [-0.4, -0.2) is 148 Å². The van der Waals surface area contributed by atoms with Crippen molar-refractivity contribution in [2.75, 3.05) is 40.8 Å². The normalized spacial score (nSPS) is 15.9. The topological polar surface area (TPSA) is 283 Å². The largest absolute Gasteiger partial charge is 0.550 e. The van der Waals surface area contributed by atoms with Gasteiger partial charge in [0.1, 0.15) is 11.6 Å². The number of carboxylic acid groups (broad SMARTS) is 1. The summed E-state index contributed by atoms with van der Waals surface area (Å²) in [6.45, 7) is 9.33. The lowest BCUT2D eigenvalue weighted by Crippen LogP contribution is -2.58. The molecule has 1 fully saturated rings. The standard InChI is InChI=1S/C44H71N9O8.C2H4O2/c1-9-29(2)39(46)42(59)51(20-21-53(6,7)8)37(55)25-36(54)35(23-31-18-14-11-15-19-31)52(43(60)61-44(3,4)5)38(56)27-48-41(58)34(24-32-26-47-28-49-32)50-40(57)33(45)22-30-16-12-10-13-17-30;1-2(3)4/h10,12-13,16-17,26,28-29,31,33-36,39,54H,9,11,14-15,18-25,27,45-46H2,1-8H3,(H2-,47,48,49,50,57,58);1H3,(H,3,4)/t29-,33-,34-,35-,36-,39-;/m0./s1. The summed E-state index contributed by atoms with van der Waals surface area (Å²) in [5.74, 6) is -4.80. The number of nitrogens with one attached hydrogen (secondary N) is 3. The van der Waals surface area contributed by atoms with E-state index in [9.17, 15) is 33.9 Å². The van der Waals surface area contributed by atoms with E-state index in [0.29, 0.717) is 23.1 Å². The third kappa shape index (κ3) is 20.6. The number of carboxylic acids is 1. The van der Waals surface area contributed by atoms with Crippen molar-refractivity contribution < 1.29 is 53.0 Å². The number of aliphatic carboxylic acids is 1. The molecule has 6 atom stereocenters. The van der Waals surface area contributed by atoms with Crippen LogP contribution >= 0.6 is 0 Å². The molecule has 19 nitrogen and oxygen atoms in total. The van der Waals surface area contributed by atoms with Crippen LogP contribution in [0.5, 0.6) is 0 Å². The number of aromatic nitrogens is 2. The van der Waals surface area contributed by atoms with Crippen molar-refractivity contribution in [1.82, 2.24) is 30.4 Å². The lowest BCUT2D eigenvalue weighted by atomic mass is 9.82. The first-order valence-electron chi connectivity index (χ1n) is 22.5. The number of H-pyrrole nitrogens is 1. The molecule has 364 valence electrons. The van der Waals surface area contributed by atoms with Crippen molar-refractivity contribution >= 4 is 41.6 Å². The second-order valence-electron chi connectivity index (χ2n) is 19.0. The zero-order valence-electron chi connectivity index (χ0n) is 39.8. The van der Waals surface area contributed by atoms with Gasteiger partial charge in [-0.25, -0.2) is 14.7 Å². The third-order valence-corrected chi connectivity index (χ3v) is 11.1. The Labute approximate surface area is 384 Å². The number of quaternary nitrogens is 1. The van der Waals surface area contributed by atoms with E-state index in [1.54, 1.807) is 27.0 Å². The smallest absolute Gasteiger partial charge is 0.417 e. The predicted molar refractivity (Wildman–Crippen MR) is 242 cm³/mol. The fourth-order valence-electron chi connectivity index (χ4n) is 7.22. The summed E-state index contributed by atoms with van der Waals surface area (Å²) in [7, 11) is 5.77. The van der Waals surface area contributed by atoms with Gasteiger partial charge in [-0.15, -0.1) is 0 Å². The maximum Gasteiger partial charge on any atom is 0.417 e. The van der Waals surface area contributed by atoms with Gasteiger partial charge in [-0.05, 0) is 57.9 Å². The van der Waals surface area contributed by atoms with Gasteiger partial charge in [-0.2, -0.15) is 0 Å². The fourth-order valence-corrected chi connectivity index (χ4v) is 7.22. The summed E-state index contributed by atoms with van der Waals surface area (Å²) in [5, 5.41) is 26.2. The minimum Gasteiger partial charge on any atom is -0.550 e. The highest BCUT2D eigenvalue weighted by atomic mass is 16.6. The molecular formula is C46H75N9O10. The lowest BCUT2D eigenvalue weighted by Gasteiger charge is -2.38. The van der Waals surface area contributed by atoms with Gasteiger partial charge in [0.2, 0.25) is 23.6 Å². The summed E-state index contributed by atoms with van der Waals surface area (Å²) >= 11 is 0. The molecule has 1 aromatic heterocycles. The van der Waals surface area contributed by atoms with Crippen LogP contribution in [0.2, 0.25) is 0 Å². The highest BCUT2D eigenvalue weighted by Crippen LogP contribution is 2.31. The number of imide groups is 2. The number of nitrogens with two attached hydrogens (primary N) is 2. The number of likely N-dealkylation sites (N-methyl/N-ethyl adjacent to an activating group) is 1. The van der Waals surface area contributed by atoms with Gasteiger partial charge in [0.15, 0.2) is 0 Å². The van der Waals surface area contributed by atoms with Gasteiger partial charge in [-0.3, -0.25) is 28.9 Å². The van der Waals surface area contributed by atoms with E-state index >= 15 is 0 Å². The van der Waals surface area contributed by atoms with Gasteiger partial charge in [0.05, 0.1) is 83.4 Å². The third-order valence-electron chi connectivity index (χ3n) is 11.1. The molecule has 3 rings (SSSR count). The van der Waals surface area contributed by atoms with Crippen LogP contribution in [0.3, 0.4) is 0 Å².